The number of nitrogens with zero attached hydrogens (tertiary/aromatic N) is 3. The lowest BCUT2D eigenvalue weighted by Crippen LogP contribution is -2.29. The van der Waals surface area contributed by atoms with Crippen LogP contribution >= 0.6 is 11.8 Å². The zero-order valence-electron chi connectivity index (χ0n) is 25.6. The highest BCUT2D eigenvalue weighted by Crippen LogP contribution is 2.50. The minimum absolute atomic E-state index is 1.09. The van der Waals surface area contributed by atoms with E-state index in [4.69, 9.17) is 0 Å². The Labute approximate surface area is 257 Å². The van der Waals surface area contributed by atoms with Crippen molar-refractivity contribution in [2.45, 2.75) is 56.8 Å². The molecule has 0 unspecified atom stereocenters. The average Bonchev–Trinajstić information content (AvgIpc) is 3.36. The maximum Gasteiger partial charge on any atom is 0.0807 e. The Kier molecular flexibility index (Phi) is 9.21. The first-order valence-electron chi connectivity index (χ1n) is 15.9. The van der Waals surface area contributed by atoms with Gasteiger partial charge in [0.2, 0.25) is 0 Å². The minimum atomic E-state index is 1.09. The molecule has 4 heteroatoms. The van der Waals surface area contributed by atoms with Crippen LogP contribution in [0, 0.1) is 0 Å². The van der Waals surface area contributed by atoms with Crippen LogP contribution < -0.4 is 9.80 Å². The van der Waals surface area contributed by atoms with Gasteiger partial charge in [0.15, 0.2) is 0 Å². The lowest BCUT2D eigenvalue weighted by molar-refractivity contribution is 0.400. The number of benzene rings is 4. The Morgan fingerprint density at radius 1 is 0.833 bits per heavy atom. The second kappa shape index (κ2) is 13.4. The molecule has 42 heavy (non-hydrogen) atoms. The molecule has 0 radical (unpaired) electrons. The second-order valence-electron chi connectivity index (χ2n) is 12.1. The highest BCUT2D eigenvalue weighted by Gasteiger charge is 2.30. The SMILES string of the molecule is CCCN(CCCN(C)C)c1cc(C=C2Sc3cccc4c3N2CCC4)c2ccccc2c1CCCc1ccccc1. The number of hydrogen-bond acceptors (Lipinski definition) is 4. The van der Waals surface area contributed by atoms with Gasteiger partial charge in [0, 0.05) is 30.2 Å². The average molecular weight is 576 g/mol. The molecule has 0 saturated heterocycles. The third kappa shape index (κ3) is 6.26. The Bertz CT molecular complexity index is 1540. The van der Waals surface area contributed by atoms with Gasteiger partial charge in [0.25, 0.3) is 0 Å². The number of aryl methyl sites for hydroxylation is 3. The van der Waals surface area contributed by atoms with Crippen molar-refractivity contribution in [2.75, 3.05) is 50.1 Å². The molecular weight excluding hydrogens is 531 g/mol. The predicted molar refractivity (Wildman–Crippen MR) is 184 cm³/mol. The van der Waals surface area contributed by atoms with Crippen molar-refractivity contribution in [3.8, 4) is 0 Å². The summed E-state index contributed by atoms with van der Waals surface area (Å²) in [7, 11) is 4.37. The van der Waals surface area contributed by atoms with E-state index in [9.17, 15) is 0 Å². The zero-order chi connectivity index (χ0) is 28.9. The Hall–Kier alpha value is -3.21. The van der Waals surface area contributed by atoms with E-state index in [0.717, 1.165) is 51.9 Å². The summed E-state index contributed by atoms with van der Waals surface area (Å²) in [5, 5.41) is 4.17. The molecule has 0 aliphatic carbocycles. The van der Waals surface area contributed by atoms with Crippen molar-refractivity contribution in [1.82, 2.24) is 4.90 Å². The fourth-order valence-corrected chi connectivity index (χ4v) is 7.94. The van der Waals surface area contributed by atoms with E-state index in [2.05, 4.69) is 121 Å². The third-order valence-corrected chi connectivity index (χ3v) is 9.80. The van der Waals surface area contributed by atoms with E-state index in [1.165, 1.54) is 73.6 Å². The Morgan fingerprint density at radius 2 is 1.64 bits per heavy atom. The number of para-hydroxylation sites is 1. The maximum atomic E-state index is 2.69. The van der Waals surface area contributed by atoms with Crippen LogP contribution in [0.3, 0.4) is 0 Å². The summed E-state index contributed by atoms with van der Waals surface area (Å²) in [5.41, 5.74) is 8.70. The fraction of sp³-hybridized carbons (Fsp3) is 0.368. The highest BCUT2D eigenvalue weighted by atomic mass is 32.2. The minimum Gasteiger partial charge on any atom is -0.371 e. The summed E-state index contributed by atoms with van der Waals surface area (Å²) < 4.78 is 0. The van der Waals surface area contributed by atoms with Gasteiger partial charge >= 0.3 is 0 Å². The van der Waals surface area contributed by atoms with Gasteiger partial charge in [0.1, 0.15) is 0 Å². The molecule has 4 aromatic carbocycles. The molecule has 3 nitrogen and oxygen atoms in total. The smallest absolute Gasteiger partial charge is 0.0807 e. The Morgan fingerprint density at radius 3 is 2.45 bits per heavy atom. The van der Waals surface area contributed by atoms with E-state index in [1.54, 1.807) is 0 Å². The van der Waals surface area contributed by atoms with Gasteiger partial charge in [-0.15, -0.1) is 0 Å². The standard InChI is InChI=1S/C38H45N3S/c1-4-23-40(25-13-24-39(2)3)35-27-31(28-37-41-26-12-18-30-17-11-22-36(42-37)38(30)41)32-19-8-9-20-33(32)34(35)21-10-16-29-14-6-5-7-15-29/h5-9,11,14-15,17,19-20,22,27-28H,4,10,12-13,16,18,21,23-26H2,1-3H3. The van der Waals surface area contributed by atoms with Crippen LogP contribution in [-0.4, -0.2) is 45.2 Å². The van der Waals surface area contributed by atoms with Gasteiger partial charge in [-0.2, -0.15) is 0 Å². The topological polar surface area (TPSA) is 9.72 Å². The van der Waals surface area contributed by atoms with Crippen molar-refractivity contribution in [1.29, 1.82) is 0 Å². The molecule has 2 aliphatic heterocycles. The van der Waals surface area contributed by atoms with Gasteiger partial charge in [-0.3, -0.25) is 0 Å². The number of thioether (sulfide) groups is 1. The molecule has 2 heterocycles. The van der Waals surface area contributed by atoms with E-state index < -0.39 is 0 Å². The van der Waals surface area contributed by atoms with Crippen molar-refractivity contribution in [2.24, 2.45) is 0 Å². The lowest BCUT2D eigenvalue weighted by atomic mass is 9.92. The number of hydrogen-bond donors (Lipinski definition) is 0. The second-order valence-corrected chi connectivity index (χ2v) is 13.2. The molecule has 4 aromatic rings. The van der Waals surface area contributed by atoms with Gasteiger partial charge in [-0.1, -0.05) is 85.4 Å². The summed E-state index contributed by atoms with van der Waals surface area (Å²) in [6.45, 7) is 6.71. The van der Waals surface area contributed by atoms with Crippen LogP contribution in [-0.2, 0) is 19.3 Å². The molecule has 0 spiro atoms. The first-order chi connectivity index (χ1) is 20.6. The molecule has 0 saturated carbocycles. The third-order valence-electron chi connectivity index (χ3n) is 8.71. The van der Waals surface area contributed by atoms with Crippen LogP contribution in [0.15, 0.2) is 88.8 Å². The summed E-state index contributed by atoms with van der Waals surface area (Å²) in [5.74, 6) is 0. The summed E-state index contributed by atoms with van der Waals surface area (Å²) in [6, 6.07) is 29.5. The van der Waals surface area contributed by atoms with Crippen LogP contribution in [0.1, 0.15) is 54.9 Å². The molecule has 0 fully saturated rings. The molecule has 0 aromatic heterocycles. The molecule has 0 bridgehead atoms. The first kappa shape index (κ1) is 28.9. The lowest BCUT2D eigenvalue weighted by Gasteiger charge is -2.30. The number of fused-ring (bicyclic) bond motifs is 1. The molecule has 0 N–H and O–H groups in total. The van der Waals surface area contributed by atoms with E-state index in [0.29, 0.717) is 0 Å². The molecule has 2 aliphatic rings. The van der Waals surface area contributed by atoms with Crippen LogP contribution in [0.4, 0.5) is 11.4 Å². The molecule has 218 valence electrons. The van der Waals surface area contributed by atoms with Crippen LogP contribution in [0.2, 0.25) is 0 Å². The summed E-state index contributed by atoms with van der Waals surface area (Å²) >= 11 is 1.95. The van der Waals surface area contributed by atoms with Crippen molar-refractivity contribution < 1.29 is 0 Å². The van der Waals surface area contributed by atoms with E-state index >= 15 is 0 Å². The van der Waals surface area contributed by atoms with Gasteiger partial charge < -0.3 is 14.7 Å². The fourth-order valence-electron chi connectivity index (χ4n) is 6.75. The van der Waals surface area contributed by atoms with E-state index in [-0.39, 0.29) is 0 Å². The van der Waals surface area contributed by atoms with Gasteiger partial charge in [-0.05, 0) is 117 Å². The quantitative estimate of drug-likeness (QED) is 0.167. The van der Waals surface area contributed by atoms with E-state index in [1.807, 2.05) is 11.8 Å². The molecule has 0 atom stereocenters. The molecule has 0 amide bonds. The number of rotatable bonds is 12. The van der Waals surface area contributed by atoms with Crippen LogP contribution in [0.25, 0.3) is 16.8 Å². The summed E-state index contributed by atoms with van der Waals surface area (Å²) in [6.07, 6.45) is 10.6. The predicted octanol–water partition coefficient (Wildman–Crippen LogP) is 9.04. The van der Waals surface area contributed by atoms with Gasteiger partial charge in [0.05, 0.1) is 10.7 Å². The number of anilines is 2. The summed E-state index contributed by atoms with van der Waals surface area (Å²) in [4.78, 5) is 8.99. The zero-order valence-corrected chi connectivity index (χ0v) is 26.4. The van der Waals surface area contributed by atoms with Gasteiger partial charge in [-0.25, -0.2) is 0 Å². The molecular formula is C38H45N3S. The maximum absolute atomic E-state index is 2.69. The van der Waals surface area contributed by atoms with Crippen molar-refractivity contribution >= 4 is 40.0 Å². The first-order valence-corrected chi connectivity index (χ1v) is 16.7. The normalized spacial score (nSPS) is 15.1. The van der Waals surface area contributed by atoms with Crippen molar-refractivity contribution in [3.63, 3.8) is 0 Å². The molecule has 6 rings (SSSR count). The monoisotopic (exact) mass is 575 g/mol. The highest BCUT2D eigenvalue weighted by molar-refractivity contribution is 8.03. The van der Waals surface area contributed by atoms with Crippen LogP contribution in [0.5, 0.6) is 0 Å². The van der Waals surface area contributed by atoms with Crippen molar-refractivity contribution in [3.05, 3.63) is 106 Å². The Balaban J connectivity index is 1.42. The largest absolute Gasteiger partial charge is 0.371 e.